The van der Waals surface area contributed by atoms with Gasteiger partial charge in [-0.1, -0.05) is 49.4 Å². The smallest absolute Gasteiger partial charge is 0.194 e. The number of hydrogen-bond acceptors (Lipinski definition) is 4. The minimum atomic E-state index is 0.497. The van der Waals surface area contributed by atoms with Crippen molar-refractivity contribution in [2.45, 2.75) is 26.8 Å². The van der Waals surface area contributed by atoms with E-state index in [9.17, 15) is 0 Å². The van der Waals surface area contributed by atoms with Crippen molar-refractivity contribution in [1.29, 1.82) is 0 Å². The molecular formula is C25H42N6. The summed E-state index contributed by atoms with van der Waals surface area (Å²) in [5, 5.41) is 3.52. The van der Waals surface area contributed by atoms with Gasteiger partial charge in [-0.25, -0.2) is 0 Å². The van der Waals surface area contributed by atoms with Crippen LogP contribution >= 0.6 is 0 Å². The second-order valence-electron chi connectivity index (χ2n) is 8.61. The Morgan fingerprint density at radius 2 is 1.65 bits per heavy atom. The molecule has 0 radical (unpaired) electrons. The van der Waals surface area contributed by atoms with Gasteiger partial charge in [0.2, 0.25) is 0 Å². The van der Waals surface area contributed by atoms with Crippen molar-refractivity contribution >= 4 is 12.0 Å². The zero-order chi connectivity index (χ0) is 21.9. The van der Waals surface area contributed by atoms with E-state index in [1.807, 2.05) is 0 Å². The van der Waals surface area contributed by atoms with Gasteiger partial charge in [-0.3, -0.25) is 14.8 Å². The average molecular weight is 427 g/mol. The maximum absolute atomic E-state index is 5.02. The molecule has 1 N–H and O–H groups in total. The molecule has 2 fully saturated rings. The molecule has 1 aromatic carbocycles. The fourth-order valence-corrected chi connectivity index (χ4v) is 4.32. The second kappa shape index (κ2) is 12.8. The van der Waals surface area contributed by atoms with Gasteiger partial charge in [-0.2, -0.15) is 0 Å². The summed E-state index contributed by atoms with van der Waals surface area (Å²) in [5.41, 5.74) is 1.27. The molecule has 172 valence electrons. The number of aliphatic imine (C=N–C) groups is 1. The summed E-state index contributed by atoms with van der Waals surface area (Å²) in [6.07, 6.45) is 4.50. The molecule has 0 saturated carbocycles. The van der Waals surface area contributed by atoms with Gasteiger partial charge in [0.05, 0.1) is 6.54 Å². The highest BCUT2D eigenvalue weighted by Gasteiger charge is 2.22. The molecule has 0 bridgehead atoms. The predicted octanol–water partition coefficient (Wildman–Crippen LogP) is 2.31. The Labute approximate surface area is 189 Å². The second-order valence-corrected chi connectivity index (χ2v) is 8.61. The number of benzene rings is 1. The standard InChI is InChI=1S/C25H42N6/c1-4-26-25(27-22-23(3)30-18-14-28(5-2)15-19-30)31-20-16-29(17-21-31)13-9-12-24-10-7-6-8-11-24/h6-12,23H,4-5,13-22H2,1-3H3,(H,26,27)/b12-9+. The summed E-state index contributed by atoms with van der Waals surface area (Å²) in [4.78, 5) is 15.1. The van der Waals surface area contributed by atoms with E-state index in [4.69, 9.17) is 4.99 Å². The van der Waals surface area contributed by atoms with Crippen molar-refractivity contribution < 1.29 is 0 Å². The third-order valence-corrected chi connectivity index (χ3v) is 6.46. The molecule has 2 aliphatic rings. The normalized spacial score (nSPS) is 21.0. The molecule has 6 heteroatoms. The molecule has 2 aliphatic heterocycles. The molecule has 0 aromatic heterocycles. The summed E-state index contributed by atoms with van der Waals surface area (Å²) < 4.78 is 0. The molecule has 31 heavy (non-hydrogen) atoms. The fourth-order valence-electron chi connectivity index (χ4n) is 4.32. The van der Waals surface area contributed by atoms with E-state index in [-0.39, 0.29) is 0 Å². The van der Waals surface area contributed by atoms with Crippen molar-refractivity contribution in [2.24, 2.45) is 4.99 Å². The Kier molecular flexibility index (Phi) is 9.85. The van der Waals surface area contributed by atoms with Crippen LogP contribution < -0.4 is 5.32 Å². The minimum Gasteiger partial charge on any atom is -0.357 e. The first-order valence-electron chi connectivity index (χ1n) is 12.1. The highest BCUT2D eigenvalue weighted by atomic mass is 15.4. The zero-order valence-electron chi connectivity index (χ0n) is 19.8. The van der Waals surface area contributed by atoms with Gasteiger partial charge in [-0.15, -0.1) is 0 Å². The van der Waals surface area contributed by atoms with Gasteiger partial charge in [0.15, 0.2) is 5.96 Å². The van der Waals surface area contributed by atoms with Crippen LogP contribution in [-0.2, 0) is 0 Å². The lowest BCUT2D eigenvalue weighted by Gasteiger charge is -2.38. The number of guanidine groups is 1. The average Bonchev–Trinajstić information content (AvgIpc) is 2.83. The summed E-state index contributed by atoms with van der Waals surface area (Å²) >= 11 is 0. The monoisotopic (exact) mass is 426 g/mol. The van der Waals surface area contributed by atoms with Gasteiger partial charge < -0.3 is 15.1 Å². The molecule has 2 heterocycles. The SMILES string of the molecule is CCNC(=NCC(C)N1CCN(CC)CC1)N1CCN(C/C=C/c2ccccc2)CC1. The van der Waals surface area contributed by atoms with E-state index in [0.717, 1.165) is 64.9 Å². The Hall–Kier alpha value is -1.89. The zero-order valence-corrected chi connectivity index (χ0v) is 19.8. The lowest BCUT2D eigenvalue weighted by Crippen LogP contribution is -2.53. The number of nitrogens with zero attached hydrogens (tertiary/aromatic N) is 5. The first-order valence-corrected chi connectivity index (χ1v) is 12.1. The van der Waals surface area contributed by atoms with E-state index in [0.29, 0.717) is 6.04 Å². The van der Waals surface area contributed by atoms with E-state index >= 15 is 0 Å². The molecule has 1 unspecified atom stereocenters. The van der Waals surface area contributed by atoms with Gasteiger partial charge in [0.1, 0.15) is 0 Å². The van der Waals surface area contributed by atoms with Crippen LogP contribution in [0.4, 0.5) is 0 Å². The first kappa shape index (κ1) is 23.8. The first-order chi connectivity index (χ1) is 15.2. The maximum atomic E-state index is 5.02. The van der Waals surface area contributed by atoms with Crippen LogP contribution in [-0.4, -0.2) is 110 Å². The third-order valence-electron chi connectivity index (χ3n) is 6.46. The lowest BCUT2D eigenvalue weighted by molar-refractivity contribution is 0.109. The van der Waals surface area contributed by atoms with Crippen molar-refractivity contribution in [3.63, 3.8) is 0 Å². The maximum Gasteiger partial charge on any atom is 0.194 e. The highest BCUT2D eigenvalue weighted by molar-refractivity contribution is 5.80. The van der Waals surface area contributed by atoms with Crippen LogP contribution in [0.25, 0.3) is 6.08 Å². The van der Waals surface area contributed by atoms with Crippen LogP contribution in [0, 0.1) is 0 Å². The number of likely N-dealkylation sites (N-methyl/N-ethyl adjacent to an activating group) is 1. The third kappa shape index (κ3) is 7.63. The van der Waals surface area contributed by atoms with Gasteiger partial charge in [0, 0.05) is 71.5 Å². The van der Waals surface area contributed by atoms with Crippen LogP contribution in [0.3, 0.4) is 0 Å². The Bertz CT molecular complexity index is 673. The number of hydrogen-bond donors (Lipinski definition) is 1. The molecule has 0 spiro atoms. The minimum absolute atomic E-state index is 0.497. The Morgan fingerprint density at radius 1 is 0.968 bits per heavy atom. The largest absolute Gasteiger partial charge is 0.357 e. The Morgan fingerprint density at radius 3 is 2.29 bits per heavy atom. The number of piperazine rings is 2. The topological polar surface area (TPSA) is 37.4 Å². The van der Waals surface area contributed by atoms with E-state index < -0.39 is 0 Å². The van der Waals surface area contributed by atoms with Crippen molar-refractivity contribution in [3.8, 4) is 0 Å². The highest BCUT2D eigenvalue weighted by Crippen LogP contribution is 2.08. The van der Waals surface area contributed by atoms with Gasteiger partial charge >= 0.3 is 0 Å². The molecule has 1 aromatic rings. The van der Waals surface area contributed by atoms with Crippen LogP contribution in [0.1, 0.15) is 26.3 Å². The summed E-state index contributed by atoms with van der Waals surface area (Å²) in [5.74, 6) is 1.08. The molecule has 3 rings (SSSR count). The van der Waals surface area contributed by atoms with E-state index in [1.165, 1.54) is 25.2 Å². The van der Waals surface area contributed by atoms with E-state index in [1.54, 1.807) is 0 Å². The van der Waals surface area contributed by atoms with E-state index in [2.05, 4.69) is 88.2 Å². The molecule has 2 saturated heterocycles. The fraction of sp³-hybridized carbons (Fsp3) is 0.640. The van der Waals surface area contributed by atoms with Gasteiger partial charge in [-0.05, 0) is 26.0 Å². The molecule has 1 atom stereocenters. The van der Waals surface area contributed by atoms with Crippen molar-refractivity contribution in [3.05, 3.63) is 42.0 Å². The van der Waals surface area contributed by atoms with Crippen molar-refractivity contribution in [2.75, 3.05) is 78.5 Å². The molecular weight excluding hydrogens is 384 g/mol. The van der Waals surface area contributed by atoms with Crippen LogP contribution in [0.2, 0.25) is 0 Å². The molecule has 0 aliphatic carbocycles. The number of rotatable bonds is 8. The summed E-state index contributed by atoms with van der Waals surface area (Å²) in [7, 11) is 0. The number of nitrogens with one attached hydrogen (secondary N) is 1. The Balaban J connectivity index is 1.44. The summed E-state index contributed by atoms with van der Waals surface area (Å²) in [6.45, 7) is 19.6. The van der Waals surface area contributed by atoms with Crippen LogP contribution in [0.15, 0.2) is 41.4 Å². The predicted molar refractivity (Wildman–Crippen MR) is 133 cm³/mol. The van der Waals surface area contributed by atoms with Crippen molar-refractivity contribution in [1.82, 2.24) is 24.9 Å². The molecule has 6 nitrogen and oxygen atoms in total. The lowest BCUT2D eigenvalue weighted by atomic mass is 10.2. The van der Waals surface area contributed by atoms with Gasteiger partial charge in [0.25, 0.3) is 0 Å². The van der Waals surface area contributed by atoms with Crippen LogP contribution in [0.5, 0.6) is 0 Å². The quantitative estimate of drug-likeness (QED) is 0.510. The molecule has 0 amide bonds. The summed E-state index contributed by atoms with van der Waals surface area (Å²) in [6, 6.07) is 11.0.